The summed E-state index contributed by atoms with van der Waals surface area (Å²) in [5, 5.41) is 9.03. The summed E-state index contributed by atoms with van der Waals surface area (Å²) in [5.74, 6) is -0.160. The van der Waals surface area contributed by atoms with Crippen LogP contribution in [0.5, 0.6) is 0 Å². The molecule has 2 amide bonds. The lowest BCUT2D eigenvalue weighted by Crippen LogP contribution is -2.55. The molecule has 3 N–H and O–H groups in total. The summed E-state index contributed by atoms with van der Waals surface area (Å²) in [6.07, 6.45) is -0.0859. The van der Waals surface area contributed by atoms with Gasteiger partial charge in [0.25, 0.3) is 0 Å². The Kier molecular flexibility index (Phi) is 9.85. The fourth-order valence-electron chi connectivity index (χ4n) is 3.20. The third-order valence-corrected chi connectivity index (χ3v) is 5.22. The number of nitrogens with one attached hydrogen (secondary N) is 3. The largest absolute Gasteiger partial charge is 0.444 e. The maximum atomic E-state index is 13.1. The highest BCUT2D eigenvalue weighted by molar-refractivity contribution is 7.80. The molecule has 0 saturated heterocycles. The fourth-order valence-corrected chi connectivity index (χ4v) is 3.67. The molecule has 0 unspecified atom stereocenters. The molecule has 0 aliphatic heterocycles. The molecule has 2 rings (SSSR count). The molecule has 0 aromatic heterocycles. The molecule has 0 heterocycles. The minimum Gasteiger partial charge on any atom is -0.444 e. The number of amides is 2. The first-order valence-corrected chi connectivity index (χ1v) is 11.6. The van der Waals surface area contributed by atoms with Gasteiger partial charge in [0.1, 0.15) is 11.6 Å². The van der Waals surface area contributed by atoms with E-state index in [1.165, 1.54) is 0 Å². The minimum absolute atomic E-state index is 0.00211. The van der Waals surface area contributed by atoms with Crippen molar-refractivity contribution in [3.05, 3.63) is 71.8 Å². The lowest BCUT2D eigenvalue weighted by Gasteiger charge is -2.29. The first-order chi connectivity index (χ1) is 15.5. The minimum atomic E-state index is -0.617. The van der Waals surface area contributed by atoms with Gasteiger partial charge in [0.15, 0.2) is 0 Å². The molecule has 0 aliphatic rings. The average Bonchev–Trinajstić information content (AvgIpc) is 2.75. The second-order valence-corrected chi connectivity index (χ2v) is 9.76. The van der Waals surface area contributed by atoms with Gasteiger partial charge in [-0.15, -0.1) is 0 Å². The molecule has 33 heavy (non-hydrogen) atoms. The van der Waals surface area contributed by atoms with E-state index in [2.05, 4.69) is 16.0 Å². The Hall–Kier alpha value is -2.93. The van der Waals surface area contributed by atoms with Gasteiger partial charge in [0.05, 0.1) is 11.0 Å². The van der Waals surface area contributed by atoms with Crippen LogP contribution in [0.1, 0.15) is 45.7 Å². The van der Waals surface area contributed by atoms with Crippen molar-refractivity contribution >= 4 is 29.2 Å². The lowest BCUT2D eigenvalue weighted by molar-refractivity contribution is -0.122. The monoisotopic (exact) mass is 469 g/mol. The van der Waals surface area contributed by atoms with E-state index in [1.807, 2.05) is 74.5 Å². The van der Waals surface area contributed by atoms with Crippen molar-refractivity contribution in [1.29, 1.82) is 0 Å². The SMILES string of the molecule is CC(C)[C@H](NC(=O)OC(C)(C)C)C(=S)N[C@@H](Cc1ccccc1)C(=O)NCc1ccccc1. The van der Waals surface area contributed by atoms with Gasteiger partial charge in [-0.3, -0.25) is 4.79 Å². The van der Waals surface area contributed by atoms with Gasteiger partial charge < -0.3 is 20.7 Å². The van der Waals surface area contributed by atoms with Crippen molar-refractivity contribution in [3.8, 4) is 0 Å². The summed E-state index contributed by atoms with van der Waals surface area (Å²) >= 11 is 5.64. The third kappa shape index (κ3) is 9.61. The van der Waals surface area contributed by atoms with Gasteiger partial charge in [0.2, 0.25) is 5.91 Å². The molecule has 2 aromatic rings. The topological polar surface area (TPSA) is 79.5 Å². The molecule has 7 heteroatoms. The normalized spacial score (nSPS) is 13.0. The Balaban J connectivity index is 2.12. The van der Waals surface area contributed by atoms with Crippen LogP contribution in [-0.2, 0) is 22.5 Å². The quantitative estimate of drug-likeness (QED) is 0.475. The number of benzene rings is 2. The van der Waals surface area contributed by atoms with Gasteiger partial charge in [-0.2, -0.15) is 0 Å². The number of carbonyl (C=O) groups is 2. The summed E-state index contributed by atoms with van der Waals surface area (Å²) in [6, 6.07) is 18.4. The number of ether oxygens (including phenoxy) is 1. The van der Waals surface area contributed by atoms with Crippen LogP contribution in [0.2, 0.25) is 0 Å². The highest BCUT2D eigenvalue weighted by atomic mass is 32.1. The first kappa shape index (κ1) is 26.3. The van der Waals surface area contributed by atoms with Crippen molar-refractivity contribution in [2.45, 2.75) is 65.3 Å². The molecule has 0 radical (unpaired) electrons. The molecular formula is C26H35N3O3S. The smallest absolute Gasteiger partial charge is 0.408 e. The molecule has 0 saturated carbocycles. The van der Waals surface area contributed by atoms with Gasteiger partial charge in [-0.25, -0.2) is 4.79 Å². The summed E-state index contributed by atoms with van der Waals surface area (Å²) in [6.45, 7) is 9.75. The molecule has 2 aromatic carbocycles. The standard InChI is InChI=1S/C26H35N3O3S/c1-18(2)22(29-25(31)32-26(3,4)5)24(33)28-21(16-19-12-8-6-9-13-19)23(30)27-17-20-14-10-7-11-15-20/h6-15,18,21-22H,16-17H2,1-5H3,(H,27,30)(H,28,33)(H,29,31)/t21-,22-/m0/s1. The summed E-state index contributed by atoms with van der Waals surface area (Å²) in [7, 11) is 0. The van der Waals surface area contributed by atoms with Crippen LogP contribution >= 0.6 is 12.2 Å². The number of thiocarbonyl (C=S) groups is 1. The first-order valence-electron chi connectivity index (χ1n) is 11.2. The highest BCUT2D eigenvalue weighted by Gasteiger charge is 2.28. The van der Waals surface area contributed by atoms with Crippen LogP contribution in [0.4, 0.5) is 4.79 Å². The van der Waals surface area contributed by atoms with E-state index in [9.17, 15) is 9.59 Å². The van der Waals surface area contributed by atoms with Crippen LogP contribution in [0.25, 0.3) is 0 Å². The molecule has 0 bridgehead atoms. The van der Waals surface area contributed by atoms with Gasteiger partial charge in [-0.05, 0) is 37.8 Å². The maximum absolute atomic E-state index is 13.1. The molecule has 6 nitrogen and oxygen atoms in total. The zero-order valence-electron chi connectivity index (χ0n) is 20.1. The molecular weight excluding hydrogens is 434 g/mol. The Labute approximate surface area is 202 Å². The van der Waals surface area contributed by atoms with Crippen LogP contribution in [-0.4, -0.2) is 34.7 Å². The molecule has 0 spiro atoms. The summed E-state index contributed by atoms with van der Waals surface area (Å²) in [4.78, 5) is 25.9. The number of alkyl carbamates (subject to hydrolysis) is 1. The maximum Gasteiger partial charge on any atom is 0.408 e. The van der Waals surface area contributed by atoms with E-state index in [0.29, 0.717) is 18.0 Å². The second kappa shape index (κ2) is 12.3. The van der Waals surface area contributed by atoms with E-state index < -0.39 is 23.8 Å². The zero-order valence-corrected chi connectivity index (χ0v) is 20.9. The average molecular weight is 470 g/mol. The number of hydrogen-bond acceptors (Lipinski definition) is 4. The van der Waals surface area contributed by atoms with Crippen molar-refractivity contribution < 1.29 is 14.3 Å². The Bertz CT molecular complexity index is 911. The number of rotatable bonds is 9. The van der Waals surface area contributed by atoms with Gasteiger partial charge >= 0.3 is 6.09 Å². The Morgan fingerprint density at radius 1 is 0.909 bits per heavy atom. The predicted octanol–water partition coefficient (Wildman–Crippen LogP) is 4.38. The molecule has 0 fully saturated rings. The predicted molar refractivity (Wildman–Crippen MR) is 136 cm³/mol. The molecule has 178 valence electrons. The van der Waals surface area contributed by atoms with Crippen molar-refractivity contribution in [2.24, 2.45) is 5.92 Å². The summed E-state index contributed by atoms with van der Waals surface area (Å²) < 4.78 is 5.39. The van der Waals surface area contributed by atoms with Crippen LogP contribution in [0.3, 0.4) is 0 Å². The van der Waals surface area contributed by atoms with Crippen molar-refractivity contribution in [3.63, 3.8) is 0 Å². The van der Waals surface area contributed by atoms with Crippen molar-refractivity contribution in [2.75, 3.05) is 0 Å². The van der Waals surface area contributed by atoms with E-state index in [-0.39, 0.29) is 11.8 Å². The number of hydrogen-bond donors (Lipinski definition) is 3. The van der Waals surface area contributed by atoms with Crippen molar-refractivity contribution in [1.82, 2.24) is 16.0 Å². The van der Waals surface area contributed by atoms with Gasteiger partial charge in [0, 0.05) is 13.0 Å². The Morgan fingerprint density at radius 2 is 1.45 bits per heavy atom. The third-order valence-electron chi connectivity index (χ3n) is 4.85. The second-order valence-electron chi connectivity index (χ2n) is 9.32. The van der Waals surface area contributed by atoms with Crippen LogP contribution in [0.15, 0.2) is 60.7 Å². The Morgan fingerprint density at radius 3 is 1.97 bits per heavy atom. The molecule has 2 atom stereocenters. The van der Waals surface area contributed by atoms with E-state index in [1.54, 1.807) is 20.8 Å². The number of carbonyl (C=O) groups excluding carboxylic acids is 2. The summed E-state index contributed by atoms with van der Waals surface area (Å²) in [5.41, 5.74) is 1.40. The fraction of sp³-hybridized carbons (Fsp3) is 0.423. The van der Waals surface area contributed by atoms with Gasteiger partial charge in [-0.1, -0.05) is 86.7 Å². The molecule has 0 aliphatic carbocycles. The van der Waals surface area contributed by atoms with Crippen LogP contribution < -0.4 is 16.0 Å². The lowest BCUT2D eigenvalue weighted by atomic mass is 10.0. The van der Waals surface area contributed by atoms with Crippen LogP contribution in [0, 0.1) is 5.92 Å². The highest BCUT2D eigenvalue weighted by Crippen LogP contribution is 2.11. The van der Waals surface area contributed by atoms with E-state index in [4.69, 9.17) is 17.0 Å². The van der Waals surface area contributed by atoms with E-state index in [0.717, 1.165) is 11.1 Å². The zero-order chi connectivity index (χ0) is 24.4. The van der Waals surface area contributed by atoms with E-state index >= 15 is 0 Å².